The molecule has 0 aliphatic carbocycles. The van der Waals surface area contributed by atoms with Crippen LogP contribution in [0.5, 0.6) is 0 Å². The number of amides is 1. The zero-order valence-corrected chi connectivity index (χ0v) is 12.9. The fourth-order valence-electron chi connectivity index (χ4n) is 2.31. The Bertz CT molecular complexity index is 575. The lowest BCUT2D eigenvalue weighted by Crippen LogP contribution is -2.35. The Morgan fingerprint density at radius 3 is 2.84 bits per heavy atom. The number of aryl methyl sites for hydroxylation is 2. The van der Waals surface area contributed by atoms with Gasteiger partial charge in [-0.1, -0.05) is 13.3 Å². The highest BCUT2D eigenvalue weighted by atomic mass is 32.2. The minimum Gasteiger partial charge on any atom is -0.348 e. The molecule has 2 heterocycles. The van der Waals surface area contributed by atoms with Crippen LogP contribution in [-0.4, -0.2) is 31.9 Å². The highest BCUT2D eigenvalue weighted by Gasteiger charge is 2.29. The quantitative estimate of drug-likeness (QED) is 0.924. The molecule has 1 aliphatic heterocycles. The van der Waals surface area contributed by atoms with Crippen LogP contribution in [-0.2, 0) is 16.3 Å². The fraction of sp³-hybridized carbons (Fsp3) is 0.615. The number of hydrogen-bond acceptors (Lipinski definition) is 4. The SMILES string of the molecule is CCCc1cc(C(=O)NC2CCS(=O)(=O)C2)sc1C. The molecule has 106 valence electrons. The zero-order chi connectivity index (χ0) is 14.0. The van der Waals surface area contributed by atoms with E-state index in [1.807, 2.05) is 13.0 Å². The van der Waals surface area contributed by atoms with Gasteiger partial charge in [0.15, 0.2) is 9.84 Å². The molecule has 1 aliphatic rings. The van der Waals surface area contributed by atoms with Gasteiger partial charge in [0.05, 0.1) is 16.4 Å². The molecule has 1 amide bonds. The van der Waals surface area contributed by atoms with Gasteiger partial charge in [0.1, 0.15) is 0 Å². The summed E-state index contributed by atoms with van der Waals surface area (Å²) < 4.78 is 22.7. The maximum absolute atomic E-state index is 12.1. The lowest BCUT2D eigenvalue weighted by molar-refractivity contribution is 0.0945. The van der Waals surface area contributed by atoms with Gasteiger partial charge in [-0.2, -0.15) is 0 Å². The van der Waals surface area contributed by atoms with E-state index in [0.717, 1.165) is 12.8 Å². The first-order valence-electron chi connectivity index (χ1n) is 6.52. The predicted molar refractivity (Wildman–Crippen MR) is 77.6 cm³/mol. The minimum absolute atomic E-state index is 0.0743. The summed E-state index contributed by atoms with van der Waals surface area (Å²) in [5, 5.41) is 2.83. The van der Waals surface area contributed by atoms with Crippen LogP contribution in [0, 0.1) is 6.92 Å². The van der Waals surface area contributed by atoms with E-state index in [0.29, 0.717) is 11.3 Å². The molecule has 1 N–H and O–H groups in total. The van der Waals surface area contributed by atoms with Crippen molar-refractivity contribution < 1.29 is 13.2 Å². The van der Waals surface area contributed by atoms with Crippen LogP contribution in [0.15, 0.2) is 6.07 Å². The lowest BCUT2D eigenvalue weighted by atomic mass is 10.1. The van der Waals surface area contributed by atoms with Crippen molar-refractivity contribution in [2.75, 3.05) is 11.5 Å². The molecule has 0 radical (unpaired) electrons. The Balaban J connectivity index is 2.02. The van der Waals surface area contributed by atoms with E-state index in [1.165, 1.54) is 21.8 Å². The van der Waals surface area contributed by atoms with Crippen molar-refractivity contribution in [3.05, 3.63) is 21.4 Å². The molecule has 0 saturated carbocycles. The number of carbonyl (C=O) groups excluding carboxylic acids is 1. The standard InChI is InChI=1S/C13H19NO3S2/c1-3-4-10-7-12(18-9(10)2)13(15)14-11-5-6-19(16,17)8-11/h7,11H,3-6,8H2,1-2H3,(H,14,15). The molecule has 0 spiro atoms. The Hall–Kier alpha value is -0.880. The van der Waals surface area contributed by atoms with Gasteiger partial charge in [0.25, 0.3) is 5.91 Å². The summed E-state index contributed by atoms with van der Waals surface area (Å²) in [6.45, 7) is 4.13. The molecule has 2 rings (SSSR count). The summed E-state index contributed by atoms with van der Waals surface area (Å²) in [6, 6.07) is 1.71. The number of rotatable bonds is 4. The van der Waals surface area contributed by atoms with Crippen molar-refractivity contribution >= 4 is 27.1 Å². The average Bonchev–Trinajstić information content (AvgIpc) is 2.84. The van der Waals surface area contributed by atoms with E-state index < -0.39 is 9.84 Å². The zero-order valence-electron chi connectivity index (χ0n) is 11.2. The topological polar surface area (TPSA) is 63.2 Å². The Labute approximate surface area is 118 Å². The Morgan fingerprint density at radius 1 is 1.53 bits per heavy atom. The first kappa shape index (κ1) is 14.5. The molecular weight excluding hydrogens is 282 g/mol. The summed E-state index contributed by atoms with van der Waals surface area (Å²) in [5.41, 5.74) is 1.22. The van der Waals surface area contributed by atoms with Gasteiger partial charge in [0.2, 0.25) is 0 Å². The molecule has 0 bridgehead atoms. The number of sulfone groups is 1. The van der Waals surface area contributed by atoms with Crippen LogP contribution in [0.3, 0.4) is 0 Å². The van der Waals surface area contributed by atoms with Crippen molar-refractivity contribution in [2.24, 2.45) is 0 Å². The van der Waals surface area contributed by atoms with E-state index in [-0.39, 0.29) is 23.5 Å². The first-order chi connectivity index (χ1) is 8.91. The van der Waals surface area contributed by atoms with Gasteiger partial charge in [-0.05, 0) is 31.4 Å². The number of carbonyl (C=O) groups is 1. The van der Waals surface area contributed by atoms with Gasteiger partial charge >= 0.3 is 0 Å². The van der Waals surface area contributed by atoms with E-state index in [4.69, 9.17) is 0 Å². The van der Waals surface area contributed by atoms with Gasteiger partial charge in [-0.15, -0.1) is 11.3 Å². The predicted octanol–water partition coefficient (Wildman–Crippen LogP) is 1.93. The summed E-state index contributed by atoms with van der Waals surface area (Å²) >= 11 is 1.48. The van der Waals surface area contributed by atoms with Crippen LogP contribution in [0.2, 0.25) is 0 Å². The van der Waals surface area contributed by atoms with Gasteiger partial charge in [0, 0.05) is 10.9 Å². The molecule has 1 saturated heterocycles. The van der Waals surface area contributed by atoms with E-state index in [1.54, 1.807) is 0 Å². The first-order valence-corrected chi connectivity index (χ1v) is 9.15. The van der Waals surface area contributed by atoms with Crippen molar-refractivity contribution in [2.45, 2.75) is 39.2 Å². The molecule has 4 nitrogen and oxygen atoms in total. The van der Waals surface area contributed by atoms with Crippen molar-refractivity contribution in [1.29, 1.82) is 0 Å². The summed E-state index contributed by atoms with van der Waals surface area (Å²) in [5.74, 6) is 0.116. The highest BCUT2D eigenvalue weighted by Crippen LogP contribution is 2.23. The number of hydrogen-bond donors (Lipinski definition) is 1. The van der Waals surface area contributed by atoms with Crippen LogP contribution < -0.4 is 5.32 Å². The monoisotopic (exact) mass is 301 g/mol. The summed E-state index contributed by atoms with van der Waals surface area (Å²) in [6.07, 6.45) is 2.56. The normalized spacial score (nSPS) is 21.5. The van der Waals surface area contributed by atoms with Crippen molar-refractivity contribution in [1.82, 2.24) is 5.32 Å². The number of nitrogens with one attached hydrogen (secondary N) is 1. The van der Waals surface area contributed by atoms with E-state index in [9.17, 15) is 13.2 Å². The van der Waals surface area contributed by atoms with E-state index >= 15 is 0 Å². The largest absolute Gasteiger partial charge is 0.348 e. The van der Waals surface area contributed by atoms with Crippen LogP contribution in [0.25, 0.3) is 0 Å². The average molecular weight is 301 g/mol. The van der Waals surface area contributed by atoms with Crippen LogP contribution >= 0.6 is 11.3 Å². The van der Waals surface area contributed by atoms with Crippen LogP contribution in [0.4, 0.5) is 0 Å². The van der Waals surface area contributed by atoms with Gasteiger partial charge in [-0.3, -0.25) is 4.79 Å². The third-order valence-corrected chi connectivity index (χ3v) is 6.19. The highest BCUT2D eigenvalue weighted by molar-refractivity contribution is 7.91. The van der Waals surface area contributed by atoms with Crippen LogP contribution in [0.1, 0.15) is 39.9 Å². The third kappa shape index (κ3) is 3.57. The van der Waals surface area contributed by atoms with Gasteiger partial charge < -0.3 is 5.32 Å². The summed E-state index contributed by atoms with van der Waals surface area (Å²) in [7, 11) is -2.95. The molecule has 1 aromatic heterocycles. The molecule has 1 unspecified atom stereocenters. The molecule has 6 heteroatoms. The second kappa shape index (κ2) is 5.63. The Kier molecular flexibility index (Phi) is 4.30. The van der Waals surface area contributed by atoms with Crippen molar-refractivity contribution in [3.63, 3.8) is 0 Å². The fourth-order valence-corrected chi connectivity index (χ4v) is 4.96. The second-order valence-corrected chi connectivity index (χ2v) is 8.50. The molecule has 19 heavy (non-hydrogen) atoms. The molecular formula is C13H19NO3S2. The van der Waals surface area contributed by atoms with E-state index in [2.05, 4.69) is 12.2 Å². The smallest absolute Gasteiger partial charge is 0.261 e. The third-order valence-electron chi connectivity index (χ3n) is 3.33. The maximum Gasteiger partial charge on any atom is 0.261 e. The molecule has 1 aromatic rings. The maximum atomic E-state index is 12.1. The molecule has 1 atom stereocenters. The lowest BCUT2D eigenvalue weighted by Gasteiger charge is -2.09. The Morgan fingerprint density at radius 2 is 2.26 bits per heavy atom. The second-order valence-electron chi connectivity index (χ2n) is 5.02. The number of thiophene rings is 1. The molecule has 1 fully saturated rings. The van der Waals surface area contributed by atoms with Gasteiger partial charge in [-0.25, -0.2) is 8.42 Å². The minimum atomic E-state index is -2.95. The van der Waals surface area contributed by atoms with Crippen molar-refractivity contribution in [3.8, 4) is 0 Å². The summed E-state index contributed by atoms with van der Waals surface area (Å²) in [4.78, 5) is 13.9. The molecule has 0 aromatic carbocycles.